The molecule has 0 radical (unpaired) electrons. The van der Waals surface area contributed by atoms with E-state index >= 15 is 0 Å². The molecule has 0 aliphatic carbocycles. The van der Waals surface area contributed by atoms with E-state index in [4.69, 9.17) is 4.74 Å². The van der Waals surface area contributed by atoms with Crippen molar-refractivity contribution in [3.63, 3.8) is 0 Å². The maximum Gasteiger partial charge on any atom is 0.262 e. The first-order chi connectivity index (χ1) is 14.0. The van der Waals surface area contributed by atoms with Crippen molar-refractivity contribution >= 4 is 21.6 Å². The molecule has 2 aromatic carbocycles. The first-order valence-corrected chi connectivity index (χ1v) is 10.7. The molecule has 148 valence electrons. The van der Waals surface area contributed by atoms with Crippen molar-refractivity contribution in [3.8, 4) is 16.9 Å². The SMILES string of the molecule is Cc1cccc(OCCn2cnc3scc(-c4ccc(C(C)C)cc4)c3c2=O)c1. The monoisotopic (exact) mass is 404 g/mol. The Hall–Kier alpha value is -2.92. The largest absolute Gasteiger partial charge is 0.492 e. The molecule has 4 aromatic rings. The van der Waals surface area contributed by atoms with Crippen LogP contribution in [0.2, 0.25) is 0 Å². The maximum absolute atomic E-state index is 13.1. The fourth-order valence-electron chi connectivity index (χ4n) is 3.35. The lowest BCUT2D eigenvalue weighted by molar-refractivity contribution is 0.296. The van der Waals surface area contributed by atoms with Crippen LogP contribution in [0, 0.1) is 6.92 Å². The quantitative estimate of drug-likeness (QED) is 0.418. The van der Waals surface area contributed by atoms with E-state index in [9.17, 15) is 4.79 Å². The van der Waals surface area contributed by atoms with Crippen molar-refractivity contribution in [2.24, 2.45) is 0 Å². The van der Waals surface area contributed by atoms with Crippen molar-refractivity contribution in [1.29, 1.82) is 0 Å². The van der Waals surface area contributed by atoms with Crippen molar-refractivity contribution in [2.45, 2.75) is 33.2 Å². The van der Waals surface area contributed by atoms with Crippen LogP contribution in [0.25, 0.3) is 21.3 Å². The summed E-state index contributed by atoms with van der Waals surface area (Å²) < 4.78 is 7.44. The van der Waals surface area contributed by atoms with Crippen LogP contribution in [-0.2, 0) is 6.54 Å². The molecule has 0 spiro atoms. The number of aryl methyl sites for hydroxylation is 1. The fraction of sp³-hybridized carbons (Fsp3) is 0.250. The minimum Gasteiger partial charge on any atom is -0.492 e. The lowest BCUT2D eigenvalue weighted by atomic mass is 9.99. The third kappa shape index (κ3) is 4.10. The van der Waals surface area contributed by atoms with Gasteiger partial charge in [-0.2, -0.15) is 0 Å². The molecule has 2 aromatic heterocycles. The normalized spacial score (nSPS) is 11.3. The van der Waals surface area contributed by atoms with Crippen LogP contribution in [0.5, 0.6) is 5.75 Å². The van der Waals surface area contributed by atoms with Gasteiger partial charge in [0.2, 0.25) is 0 Å². The number of hydrogen-bond acceptors (Lipinski definition) is 4. The molecular weight excluding hydrogens is 380 g/mol. The Morgan fingerprint density at radius 1 is 1.14 bits per heavy atom. The van der Waals surface area contributed by atoms with Gasteiger partial charge in [-0.15, -0.1) is 11.3 Å². The Bertz CT molecular complexity index is 1190. The predicted octanol–water partition coefficient (Wildman–Crippen LogP) is 5.64. The van der Waals surface area contributed by atoms with Crippen LogP contribution in [0.15, 0.2) is 65.0 Å². The zero-order chi connectivity index (χ0) is 20.4. The molecule has 0 saturated heterocycles. The summed E-state index contributed by atoms with van der Waals surface area (Å²) in [6.07, 6.45) is 1.62. The van der Waals surface area contributed by atoms with Gasteiger partial charge in [-0.05, 0) is 41.7 Å². The molecule has 0 aliphatic heterocycles. The molecule has 0 N–H and O–H groups in total. The number of nitrogens with zero attached hydrogens (tertiary/aromatic N) is 2. The molecule has 0 saturated carbocycles. The average molecular weight is 405 g/mol. The summed E-state index contributed by atoms with van der Waals surface area (Å²) in [5.74, 6) is 1.30. The number of ether oxygens (including phenoxy) is 1. The van der Waals surface area contributed by atoms with Crippen LogP contribution in [0.4, 0.5) is 0 Å². The van der Waals surface area contributed by atoms with E-state index in [-0.39, 0.29) is 5.56 Å². The lowest BCUT2D eigenvalue weighted by Gasteiger charge is -2.09. The van der Waals surface area contributed by atoms with E-state index in [0.29, 0.717) is 24.5 Å². The third-order valence-electron chi connectivity index (χ3n) is 5.04. The minimum absolute atomic E-state index is 0.0213. The minimum atomic E-state index is -0.0213. The molecule has 29 heavy (non-hydrogen) atoms. The molecular formula is C24H24N2O2S. The van der Waals surface area contributed by atoms with Crippen LogP contribution in [0.3, 0.4) is 0 Å². The van der Waals surface area contributed by atoms with E-state index < -0.39 is 0 Å². The third-order valence-corrected chi connectivity index (χ3v) is 5.93. The zero-order valence-corrected chi connectivity index (χ0v) is 17.7. The van der Waals surface area contributed by atoms with Gasteiger partial charge in [-0.1, -0.05) is 50.2 Å². The van der Waals surface area contributed by atoms with Gasteiger partial charge in [-0.3, -0.25) is 9.36 Å². The van der Waals surface area contributed by atoms with E-state index in [1.807, 2.05) is 36.6 Å². The average Bonchev–Trinajstić information content (AvgIpc) is 3.15. The van der Waals surface area contributed by atoms with Gasteiger partial charge in [0.25, 0.3) is 5.56 Å². The van der Waals surface area contributed by atoms with Gasteiger partial charge in [0.05, 0.1) is 18.3 Å². The van der Waals surface area contributed by atoms with Crippen LogP contribution >= 0.6 is 11.3 Å². The smallest absolute Gasteiger partial charge is 0.262 e. The van der Waals surface area contributed by atoms with E-state index in [2.05, 4.69) is 43.1 Å². The Kier molecular flexibility index (Phi) is 5.49. The Morgan fingerprint density at radius 3 is 2.66 bits per heavy atom. The molecule has 0 atom stereocenters. The Labute approximate surface area is 174 Å². The van der Waals surface area contributed by atoms with Gasteiger partial charge in [-0.25, -0.2) is 4.98 Å². The van der Waals surface area contributed by atoms with Crippen molar-refractivity contribution < 1.29 is 4.74 Å². The number of hydrogen-bond donors (Lipinski definition) is 0. The Balaban J connectivity index is 1.59. The highest BCUT2D eigenvalue weighted by Gasteiger charge is 2.13. The van der Waals surface area contributed by atoms with Crippen LogP contribution < -0.4 is 10.3 Å². The summed E-state index contributed by atoms with van der Waals surface area (Å²) in [5.41, 5.74) is 4.42. The molecule has 0 fully saturated rings. The van der Waals surface area contributed by atoms with Crippen LogP contribution in [0.1, 0.15) is 30.9 Å². The second-order valence-electron chi connectivity index (χ2n) is 7.51. The first kappa shape index (κ1) is 19.4. The van der Waals surface area contributed by atoms with Gasteiger partial charge >= 0.3 is 0 Å². The van der Waals surface area contributed by atoms with Gasteiger partial charge in [0, 0.05) is 10.9 Å². The summed E-state index contributed by atoms with van der Waals surface area (Å²) >= 11 is 1.51. The fourth-order valence-corrected chi connectivity index (χ4v) is 4.26. The summed E-state index contributed by atoms with van der Waals surface area (Å²) in [6, 6.07) is 16.4. The van der Waals surface area contributed by atoms with Crippen LogP contribution in [-0.4, -0.2) is 16.2 Å². The summed E-state index contributed by atoms with van der Waals surface area (Å²) in [5, 5.41) is 2.71. The maximum atomic E-state index is 13.1. The number of aromatic nitrogens is 2. The number of thiophene rings is 1. The van der Waals surface area contributed by atoms with Gasteiger partial charge in [0.15, 0.2) is 0 Å². The van der Waals surface area contributed by atoms with Crippen molar-refractivity contribution in [2.75, 3.05) is 6.61 Å². The summed E-state index contributed by atoms with van der Waals surface area (Å²) in [7, 11) is 0. The number of fused-ring (bicyclic) bond motifs is 1. The van der Waals surface area contributed by atoms with E-state index in [0.717, 1.165) is 27.3 Å². The van der Waals surface area contributed by atoms with E-state index in [1.165, 1.54) is 16.9 Å². The molecule has 0 unspecified atom stereocenters. The molecule has 0 amide bonds. The molecule has 4 rings (SSSR count). The molecule has 0 bridgehead atoms. The zero-order valence-electron chi connectivity index (χ0n) is 16.9. The standard InChI is InChI=1S/C24H24N2O2S/c1-16(2)18-7-9-19(10-8-18)21-14-29-23-22(21)24(27)26(15-25-23)11-12-28-20-6-4-5-17(3)13-20/h4-10,13-16H,11-12H2,1-3H3. The molecule has 2 heterocycles. The first-order valence-electron chi connectivity index (χ1n) is 9.79. The number of rotatable bonds is 6. The predicted molar refractivity (Wildman–Crippen MR) is 120 cm³/mol. The van der Waals surface area contributed by atoms with Gasteiger partial charge in [0.1, 0.15) is 17.2 Å². The number of benzene rings is 2. The highest BCUT2D eigenvalue weighted by molar-refractivity contribution is 7.17. The lowest BCUT2D eigenvalue weighted by Crippen LogP contribution is -2.23. The second kappa shape index (κ2) is 8.21. The van der Waals surface area contributed by atoms with Gasteiger partial charge < -0.3 is 4.74 Å². The highest BCUT2D eigenvalue weighted by Crippen LogP contribution is 2.31. The molecule has 0 aliphatic rings. The molecule has 5 heteroatoms. The second-order valence-corrected chi connectivity index (χ2v) is 8.37. The summed E-state index contributed by atoms with van der Waals surface area (Å²) in [6.45, 7) is 7.25. The summed E-state index contributed by atoms with van der Waals surface area (Å²) in [4.78, 5) is 18.4. The van der Waals surface area contributed by atoms with E-state index in [1.54, 1.807) is 10.9 Å². The Morgan fingerprint density at radius 2 is 1.93 bits per heavy atom. The highest BCUT2D eigenvalue weighted by atomic mass is 32.1. The molecule has 4 nitrogen and oxygen atoms in total. The van der Waals surface area contributed by atoms with Crippen molar-refractivity contribution in [1.82, 2.24) is 9.55 Å². The topological polar surface area (TPSA) is 44.1 Å². The van der Waals surface area contributed by atoms with Crippen molar-refractivity contribution in [3.05, 3.63) is 81.7 Å².